The van der Waals surface area contributed by atoms with E-state index < -0.39 is 0 Å². The summed E-state index contributed by atoms with van der Waals surface area (Å²) in [5.74, 6) is 0. The van der Waals surface area contributed by atoms with Gasteiger partial charge in [0.25, 0.3) is 0 Å². The third-order valence-corrected chi connectivity index (χ3v) is 6.77. The van der Waals surface area contributed by atoms with Gasteiger partial charge >= 0.3 is 0 Å². The van der Waals surface area contributed by atoms with Crippen molar-refractivity contribution in [3.8, 4) is 0 Å². The fourth-order valence-electron chi connectivity index (χ4n) is 4.57. The largest absolute Gasteiger partial charge is 0.385 e. The van der Waals surface area contributed by atoms with Crippen molar-refractivity contribution in [2.45, 2.75) is 135 Å². The SMILES string of the molecule is CCCCCCCCCCCCCCCCCCOC.c1ccc(CNCC2CCCO2)cc1. The van der Waals surface area contributed by atoms with E-state index in [9.17, 15) is 0 Å². The molecule has 1 fully saturated rings. The predicted octanol–water partition coefficient (Wildman–Crippen LogP) is 8.85. The maximum atomic E-state index is 5.53. The highest BCUT2D eigenvalue weighted by Crippen LogP contribution is 2.14. The van der Waals surface area contributed by atoms with Crippen LogP contribution in [0.15, 0.2) is 30.3 Å². The van der Waals surface area contributed by atoms with Crippen LogP contribution in [0.4, 0.5) is 0 Å². The quantitative estimate of drug-likeness (QED) is 0.180. The van der Waals surface area contributed by atoms with Gasteiger partial charge in [0.2, 0.25) is 0 Å². The molecule has 1 saturated heterocycles. The number of ether oxygens (including phenoxy) is 2. The standard InChI is InChI=1S/C19H40O.C12H17NO/c1-3-4-5-6-7-8-9-10-11-12-13-14-15-16-17-18-19-20-2;1-2-5-11(6-3-1)9-13-10-12-7-4-8-14-12/h3-19H2,1-2H3;1-3,5-6,12-13H,4,7-10H2. The number of hydrogen-bond acceptors (Lipinski definition) is 3. The molecule has 0 radical (unpaired) electrons. The third kappa shape index (κ3) is 20.5. The van der Waals surface area contributed by atoms with Gasteiger partial charge in [-0.25, -0.2) is 0 Å². The van der Waals surface area contributed by atoms with E-state index in [1.54, 1.807) is 7.11 Å². The zero-order chi connectivity index (χ0) is 24.4. The number of rotatable bonds is 21. The minimum Gasteiger partial charge on any atom is -0.385 e. The number of unbranched alkanes of at least 4 members (excludes halogenated alkanes) is 15. The summed E-state index contributed by atoms with van der Waals surface area (Å²) in [6, 6.07) is 10.5. The second-order valence-electron chi connectivity index (χ2n) is 10.0. The van der Waals surface area contributed by atoms with Crippen LogP contribution in [-0.4, -0.2) is 33.0 Å². The smallest absolute Gasteiger partial charge is 0.0700 e. The summed E-state index contributed by atoms with van der Waals surface area (Å²) in [4.78, 5) is 0. The van der Waals surface area contributed by atoms with E-state index in [4.69, 9.17) is 9.47 Å². The lowest BCUT2D eigenvalue weighted by Gasteiger charge is -2.10. The molecule has 1 aliphatic heterocycles. The van der Waals surface area contributed by atoms with Gasteiger partial charge in [-0.05, 0) is 24.8 Å². The van der Waals surface area contributed by atoms with Gasteiger partial charge in [-0.2, -0.15) is 0 Å². The first-order chi connectivity index (χ1) is 16.9. The summed E-state index contributed by atoms with van der Waals surface area (Å²) in [7, 11) is 1.80. The van der Waals surface area contributed by atoms with Crippen molar-refractivity contribution in [1.82, 2.24) is 5.32 Å². The van der Waals surface area contributed by atoms with Gasteiger partial charge in [0.05, 0.1) is 6.10 Å². The molecule has 2 rings (SSSR count). The zero-order valence-electron chi connectivity index (χ0n) is 22.8. The Morgan fingerprint density at radius 3 is 1.76 bits per heavy atom. The van der Waals surface area contributed by atoms with Crippen LogP contribution in [0.5, 0.6) is 0 Å². The van der Waals surface area contributed by atoms with Crippen molar-refractivity contribution in [3.05, 3.63) is 35.9 Å². The van der Waals surface area contributed by atoms with E-state index in [1.807, 2.05) is 6.07 Å². The Hall–Kier alpha value is -0.900. The molecular formula is C31H57NO2. The predicted molar refractivity (Wildman–Crippen MR) is 149 cm³/mol. The molecule has 1 aromatic rings. The first-order valence-electron chi connectivity index (χ1n) is 14.7. The molecule has 0 saturated carbocycles. The molecule has 0 amide bonds. The Labute approximate surface area is 212 Å². The molecule has 1 aliphatic rings. The number of methoxy groups -OCH3 is 1. The number of hydrogen-bond donors (Lipinski definition) is 1. The third-order valence-electron chi connectivity index (χ3n) is 6.77. The highest BCUT2D eigenvalue weighted by molar-refractivity contribution is 5.14. The molecule has 0 spiro atoms. The molecule has 3 nitrogen and oxygen atoms in total. The van der Waals surface area contributed by atoms with E-state index in [2.05, 4.69) is 36.5 Å². The second-order valence-corrected chi connectivity index (χ2v) is 10.0. The Kier molecular flexibility index (Phi) is 23.1. The van der Waals surface area contributed by atoms with Gasteiger partial charge in [-0.15, -0.1) is 0 Å². The summed E-state index contributed by atoms with van der Waals surface area (Å²) < 4.78 is 10.6. The van der Waals surface area contributed by atoms with Crippen LogP contribution < -0.4 is 5.32 Å². The molecule has 34 heavy (non-hydrogen) atoms. The fourth-order valence-corrected chi connectivity index (χ4v) is 4.57. The van der Waals surface area contributed by atoms with Crippen molar-refractivity contribution in [3.63, 3.8) is 0 Å². The number of nitrogens with one attached hydrogen (secondary N) is 1. The summed E-state index contributed by atoms with van der Waals surface area (Å²) in [5, 5.41) is 3.42. The average Bonchev–Trinajstić information content (AvgIpc) is 3.38. The molecular weight excluding hydrogens is 418 g/mol. The van der Waals surface area contributed by atoms with Crippen molar-refractivity contribution in [2.75, 3.05) is 26.9 Å². The molecule has 1 N–H and O–H groups in total. The lowest BCUT2D eigenvalue weighted by atomic mass is 10.0. The normalized spacial score (nSPS) is 15.3. The zero-order valence-corrected chi connectivity index (χ0v) is 22.8. The van der Waals surface area contributed by atoms with E-state index in [-0.39, 0.29) is 0 Å². The highest BCUT2D eigenvalue weighted by atomic mass is 16.5. The Morgan fingerprint density at radius 2 is 1.29 bits per heavy atom. The van der Waals surface area contributed by atoms with Gasteiger partial charge in [-0.1, -0.05) is 134 Å². The minimum atomic E-state index is 0.443. The average molecular weight is 476 g/mol. The molecule has 198 valence electrons. The van der Waals surface area contributed by atoms with Gasteiger partial charge in [0.1, 0.15) is 0 Å². The van der Waals surface area contributed by atoms with E-state index in [1.165, 1.54) is 121 Å². The van der Waals surface area contributed by atoms with Crippen molar-refractivity contribution >= 4 is 0 Å². The van der Waals surface area contributed by atoms with Gasteiger partial charge in [0.15, 0.2) is 0 Å². The molecule has 1 aromatic carbocycles. The minimum absolute atomic E-state index is 0.443. The van der Waals surface area contributed by atoms with Crippen LogP contribution in [0.25, 0.3) is 0 Å². The summed E-state index contributed by atoms with van der Waals surface area (Å²) in [6.45, 7) is 6.10. The second kappa shape index (κ2) is 25.2. The van der Waals surface area contributed by atoms with Gasteiger partial charge in [0, 0.05) is 33.4 Å². The first-order valence-corrected chi connectivity index (χ1v) is 14.7. The molecule has 0 aromatic heterocycles. The summed E-state index contributed by atoms with van der Waals surface area (Å²) in [6.07, 6.45) is 25.8. The van der Waals surface area contributed by atoms with E-state index in [0.29, 0.717) is 6.10 Å². The van der Waals surface area contributed by atoms with Crippen LogP contribution in [0.2, 0.25) is 0 Å². The van der Waals surface area contributed by atoms with E-state index >= 15 is 0 Å². The summed E-state index contributed by atoms with van der Waals surface area (Å²) >= 11 is 0. The van der Waals surface area contributed by atoms with Crippen LogP contribution in [0.1, 0.15) is 128 Å². The van der Waals surface area contributed by atoms with Crippen LogP contribution in [0, 0.1) is 0 Å². The van der Waals surface area contributed by atoms with Crippen molar-refractivity contribution in [1.29, 1.82) is 0 Å². The van der Waals surface area contributed by atoms with Crippen LogP contribution >= 0.6 is 0 Å². The van der Waals surface area contributed by atoms with Crippen molar-refractivity contribution in [2.24, 2.45) is 0 Å². The molecule has 3 heteroatoms. The highest BCUT2D eigenvalue weighted by Gasteiger charge is 2.14. The topological polar surface area (TPSA) is 30.5 Å². The molecule has 0 bridgehead atoms. The van der Waals surface area contributed by atoms with Crippen LogP contribution in [0.3, 0.4) is 0 Å². The fraction of sp³-hybridized carbons (Fsp3) is 0.806. The number of benzene rings is 1. The molecule has 1 unspecified atom stereocenters. The Balaban J connectivity index is 0.000000358. The first kappa shape index (κ1) is 31.1. The van der Waals surface area contributed by atoms with E-state index in [0.717, 1.165) is 26.3 Å². The Morgan fingerprint density at radius 1 is 0.765 bits per heavy atom. The van der Waals surface area contributed by atoms with Crippen molar-refractivity contribution < 1.29 is 9.47 Å². The lowest BCUT2D eigenvalue weighted by Crippen LogP contribution is -2.25. The van der Waals surface area contributed by atoms with Gasteiger partial charge in [-0.3, -0.25) is 0 Å². The summed E-state index contributed by atoms with van der Waals surface area (Å²) in [5.41, 5.74) is 1.34. The molecule has 1 atom stereocenters. The molecule has 1 heterocycles. The Bertz CT molecular complexity index is 483. The van der Waals surface area contributed by atoms with Gasteiger partial charge < -0.3 is 14.8 Å². The maximum Gasteiger partial charge on any atom is 0.0700 e. The lowest BCUT2D eigenvalue weighted by molar-refractivity contribution is 0.110. The van der Waals surface area contributed by atoms with Crippen LogP contribution in [-0.2, 0) is 16.0 Å². The maximum absolute atomic E-state index is 5.53. The monoisotopic (exact) mass is 475 g/mol. The molecule has 0 aliphatic carbocycles.